The van der Waals surface area contributed by atoms with Crippen LogP contribution in [0, 0.1) is 6.92 Å². The number of carbonyl (C=O) groups excluding carboxylic acids is 1. The normalized spacial score (nSPS) is 12.0. The molecule has 2 aromatic carbocycles. The van der Waals surface area contributed by atoms with Crippen molar-refractivity contribution >= 4 is 33.1 Å². The number of carbonyl (C=O) groups is 1. The number of anilines is 1. The van der Waals surface area contributed by atoms with Crippen molar-refractivity contribution in [1.82, 2.24) is 9.55 Å². The molecule has 0 aliphatic rings. The molecule has 6 nitrogen and oxygen atoms in total. The first-order chi connectivity index (χ1) is 15.0. The van der Waals surface area contributed by atoms with Crippen molar-refractivity contribution in [3.63, 3.8) is 0 Å². The van der Waals surface area contributed by atoms with Crippen LogP contribution in [0.3, 0.4) is 0 Å². The Kier molecular flexibility index (Phi) is 5.86. The molecule has 0 bridgehead atoms. The summed E-state index contributed by atoms with van der Waals surface area (Å²) in [6.45, 7) is 5.82. The molecule has 1 unspecified atom stereocenters. The number of fused-ring (bicyclic) bond motifs is 1. The summed E-state index contributed by atoms with van der Waals surface area (Å²) in [5.41, 5.74) is 1.39. The van der Waals surface area contributed by atoms with Gasteiger partial charge in [-0.25, -0.2) is 4.98 Å². The molecule has 7 heteroatoms. The van der Waals surface area contributed by atoms with Crippen LogP contribution >= 0.6 is 11.3 Å². The van der Waals surface area contributed by atoms with E-state index in [-0.39, 0.29) is 11.5 Å². The van der Waals surface area contributed by atoms with Crippen LogP contribution in [0.1, 0.15) is 25.7 Å². The van der Waals surface area contributed by atoms with E-state index in [1.807, 2.05) is 55.5 Å². The molecule has 0 saturated carbocycles. The predicted molar refractivity (Wildman–Crippen MR) is 125 cm³/mol. The third kappa shape index (κ3) is 4.09. The lowest BCUT2D eigenvalue weighted by atomic mass is 10.2. The molecule has 2 heterocycles. The lowest BCUT2D eigenvalue weighted by molar-refractivity contribution is -0.118. The topological polar surface area (TPSA) is 73.2 Å². The Morgan fingerprint density at radius 3 is 2.61 bits per heavy atom. The maximum Gasteiger partial charge on any atom is 0.263 e. The van der Waals surface area contributed by atoms with E-state index in [1.54, 1.807) is 26.0 Å². The Hall–Kier alpha value is -3.45. The Morgan fingerprint density at radius 1 is 1.16 bits per heavy atom. The molecule has 0 fully saturated rings. The van der Waals surface area contributed by atoms with E-state index in [0.29, 0.717) is 34.1 Å². The molecule has 1 N–H and O–H groups in total. The fourth-order valence-corrected chi connectivity index (χ4v) is 4.57. The number of hydrogen-bond acceptors (Lipinski definition) is 5. The maximum atomic E-state index is 13.3. The molecule has 1 atom stereocenters. The van der Waals surface area contributed by atoms with Crippen LogP contribution in [0.25, 0.3) is 20.7 Å². The summed E-state index contributed by atoms with van der Waals surface area (Å²) in [5.74, 6) is 0.783. The van der Waals surface area contributed by atoms with Crippen molar-refractivity contribution in [1.29, 1.82) is 0 Å². The number of amides is 1. The Balaban J connectivity index is 1.69. The Bertz CT molecular complexity index is 1290. The van der Waals surface area contributed by atoms with Gasteiger partial charge in [-0.1, -0.05) is 42.5 Å². The fraction of sp³-hybridized carbons (Fsp3) is 0.208. The monoisotopic (exact) mass is 433 g/mol. The smallest absolute Gasteiger partial charge is 0.263 e. The molecule has 0 aliphatic heterocycles. The van der Waals surface area contributed by atoms with E-state index in [1.165, 1.54) is 15.9 Å². The van der Waals surface area contributed by atoms with Crippen LogP contribution in [0.4, 0.5) is 5.69 Å². The minimum absolute atomic E-state index is 0.221. The van der Waals surface area contributed by atoms with Crippen LogP contribution in [-0.4, -0.2) is 22.1 Å². The number of hydrogen-bond donors (Lipinski definition) is 1. The minimum atomic E-state index is -0.737. The largest absolute Gasteiger partial charge is 0.492 e. The molecule has 1 amide bonds. The van der Waals surface area contributed by atoms with E-state index in [2.05, 4.69) is 10.3 Å². The molecule has 0 radical (unpaired) electrons. The SMILES string of the molecule is CCOc1ccccc1NC(=O)C(C)n1c(C)nc2sc(-c3ccccc3)cc2c1=O. The van der Waals surface area contributed by atoms with Crippen LogP contribution in [0.5, 0.6) is 5.75 Å². The van der Waals surface area contributed by atoms with Crippen molar-refractivity contribution < 1.29 is 9.53 Å². The first-order valence-corrected chi connectivity index (χ1v) is 10.9. The molecule has 0 saturated heterocycles. The zero-order chi connectivity index (χ0) is 22.0. The standard InChI is InChI=1S/C24H23N3O3S/c1-4-30-20-13-9-8-12-19(20)26-22(28)15(2)27-16(3)25-23-18(24(27)29)14-21(31-23)17-10-6-5-7-11-17/h5-15H,4H2,1-3H3,(H,26,28). The highest BCUT2D eigenvalue weighted by Gasteiger charge is 2.22. The van der Waals surface area contributed by atoms with Gasteiger partial charge in [0.25, 0.3) is 5.56 Å². The zero-order valence-electron chi connectivity index (χ0n) is 17.6. The second kappa shape index (κ2) is 8.73. The van der Waals surface area contributed by atoms with Crippen molar-refractivity contribution in [3.8, 4) is 16.2 Å². The molecular formula is C24H23N3O3S. The van der Waals surface area contributed by atoms with Gasteiger partial charge in [0.2, 0.25) is 5.91 Å². The summed E-state index contributed by atoms with van der Waals surface area (Å²) >= 11 is 1.48. The summed E-state index contributed by atoms with van der Waals surface area (Å²) in [4.78, 5) is 32.5. The van der Waals surface area contributed by atoms with Crippen LogP contribution in [-0.2, 0) is 4.79 Å². The molecule has 31 heavy (non-hydrogen) atoms. The molecule has 0 aliphatic carbocycles. The van der Waals surface area contributed by atoms with Crippen molar-refractivity contribution in [2.24, 2.45) is 0 Å². The average molecular weight is 434 g/mol. The quantitative estimate of drug-likeness (QED) is 0.463. The lowest BCUT2D eigenvalue weighted by Gasteiger charge is -2.18. The molecule has 4 rings (SSSR count). The van der Waals surface area contributed by atoms with Crippen LogP contribution in [0.2, 0.25) is 0 Å². The molecule has 4 aromatic rings. The van der Waals surface area contributed by atoms with E-state index in [9.17, 15) is 9.59 Å². The second-order valence-corrected chi connectivity index (χ2v) is 8.15. The Morgan fingerprint density at radius 2 is 1.87 bits per heavy atom. The van der Waals surface area contributed by atoms with Gasteiger partial charge < -0.3 is 10.1 Å². The fourth-order valence-electron chi connectivity index (χ4n) is 3.50. The number of aryl methyl sites for hydroxylation is 1. The summed E-state index contributed by atoms with van der Waals surface area (Å²) in [7, 11) is 0. The van der Waals surface area contributed by atoms with Gasteiger partial charge in [0.05, 0.1) is 17.7 Å². The average Bonchev–Trinajstić information content (AvgIpc) is 3.20. The number of thiophene rings is 1. The molecule has 0 spiro atoms. The highest BCUT2D eigenvalue weighted by Crippen LogP contribution is 2.31. The van der Waals surface area contributed by atoms with Gasteiger partial charge >= 0.3 is 0 Å². The number of nitrogens with one attached hydrogen (secondary N) is 1. The van der Waals surface area contributed by atoms with Crippen molar-refractivity contribution in [3.05, 3.63) is 76.8 Å². The van der Waals surface area contributed by atoms with Gasteiger partial charge in [0, 0.05) is 4.88 Å². The van der Waals surface area contributed by atoms with Gasteiger partial charge in [-0.15, -0.1) is 11.3 Å². The van der Waals surface area contributed by atoms with Gasteiger partial charge in [-0.2, -0.15) is 0 Å². The van der Waals surface area contributed by atoms with Crippen molar-refractivity contribution in [2.45, 2.75) is 26.8 Å². The van der Waals surface area contributed by atoms with E-state index in [0.717, 1.165) is 10.4 Å². The van der Waals surface area contributed by atoms with Gasteiger partial charge in [0.15, 0.2) is 0 Å². The summed E-state index contributed by atoms with van der Waals surface area (Å²) in [6.07, 6.45) is 0. The summed E-state index contributed by atoms with van der Waals surface area (Å²) < 4.78 is 7.03. The third-order valence-electron chi connectivity index (χ3n) is 5.04. The van der Waals surface area contributed by atoms with Crippen molar-refractivity contribution in [2.75, 3.05) is 11.9 Å². The summed E-state index contributed by atoms with van der Waals surface area (Å²) in [5, 5.41) is 3.40. The second-order valence-electron chi connectivity index (χ2n) is 7.12. The number of nitrogens with zero attached hydrogens (tertiary/aromatic N) is 2. The predicted octanol–water partition coefficient (Wildman–Crippen LogP) is 5.03. The van der Waals surface area contributed by atoms with E-state index in [4.69, 9.17) is 4.74 Å². The number of aromatic nitrogens is 2. The van der Waals surface area contributed by atoms with Crippen LogP contribution in [0.15, 0.2) is 65.5 Å². The number of ether oxygens (including phenoxy) is 1. The van der Waals surface area contributed by atoms with E-state index < -0.39 is 6.04 Å². The Labute approximate surface area is 184 Å². The highest BCUT2D eigenvalue weighted by atomic mass is 32.1. The third-order valence-corrected chi connectivity index (χ3v) is 6.12. The van der Waals surface area contributed by atoms with Gasteiger partial charge in [0.1, 0.15) is 22.4 Å². The van der Waals surface area contributed by atoms with Gasteiger partial charge in [-0.05, 0) is 44.5 Å². The molecule has 158 valence electrons. The van der Waals surface area contributed by atoms with Crippen LogP contribution < -0.4 is 15.6 Å². The minimum Gasteiger partial charge on any atom is -0.492 e. The highest BCUT2D eigenvalue weighted by molar-refractivity contribution is 7.21. The first kappa shape index (κ1) is 20.8. The molecular weight excluding hydrogens is 410 g/mol. The number of para-hydroxylation sites is 2. The zero-order valence-corrected chi connectivity index (χ0v) is 18.4. The van der Waals surface area contributed by atoms with Gasteiger partial charge in [-0.3, -0.25) is 14.2 Å². The first-order valence-electron chi connectivity index (χ1n) is 10.1. The molecule has 2 aromatic heterocycles. The maximum absolute atomic E-state index is 13.3. The number of benzene rings is 2. The summed E-state index contributed by atoms with van der Waals surface area (Å²) in [6, 6.07) is 18.2. The number of rotatable bonds is 6. The van der Waals surface area contributed by atoms with E-state index >= 15 is 0 Å². The lowest BCUT2D eigenvalue weighted by Crippen LogP contribution is -2.33.